The van der Waals surface area contributed by atoms with Crippen molar-refractivity contribution in [1.82, 2.24) is 4.90 Å². The minimum Gasteiger partial charge on any atom is -0.484 e. The van der Waals surface area contributed by atoms with E-state index in [9.17, 15) is 14.4 Å². The number of hydrogen-bond acceptors (Lipinski definition) is 5. The summed E-state index contributed by atoms with van der Waals surface area (Å²) in [6.07, 6.45) is 1.67. The van der Waals surface area contributed by atoms with Gasteiger partial charge in [0.25, 0.3) is 17.1 Å². The summed E-state index contributed by atoms with van der Waals surface area (Å²) in [6, 6.07) is 23.1. The van der Waals surface area contributed by atoms with E-state index in [-0.39, 0.29) is 30.2 Å². The number of carbonyl (C=O) groups is 3. The zero-order valence-electron chi connectivity index (χ0n) is 17.4. The summed E-state index contributed by atoms with van der Waals surface area (Å²) < 4.78 is 5.52. The molecule has 1 aliphatic heterocycles. The van der Waals surface area contributed by atoms with Crippen molar-refractivity contribution < 1.29 is 19.1 Å². The van der Waals surface area contributed by atoms with Gasteiger partial charge in [0.2, 0.25) is 0 Å². The number of nitrogens with one attached hydrogen (secondary N) is 1. The highest BCUT2D eigenvalue weighted by atomic mass is 35.5. The molecule has 6 nitrogen and oxygen atoms in total. The molecule has 0 aromatic heterocycles. The smallest absolute Gasteiger partial charge is 0.293 e. The number of thioether (sulfide) groups is 1. The first kappa shape index (κ1) is 22.6. The molecule has 8 heteroatoms. The number of benzene rings is 3. The molecule has 0 atom stereocenters. The highest BCUT2D eigenvalue weighted by Gasteiger charge is 2.34. The molecule has 4 rings (SSSR count). The maximum absolute atomic E-state index is 12.7. The lowest BCUT2D eigenvalue weighted by molar-refractivity contribution is -0.123. The molecule has 0 bridgehead atoms. The topological polar surface area (TPSA) is 75.7 Å². The van der Waals surface area contributed by atoms with E-state index in [0.29, 0.717) is 21.4 Å². The van der Waals surface area contributed by atoms with Gasteiger partial charge in [-0.15, -0.1) is 0 Å². The lowest BCUT2D eigenvalue weighted by atomic mass is 10.2. The predicted octanol–water partition coefficient (Wildman–Crippen LogP) is 5.59. The molecule has 1 N–H and O–H groups in total. The zero-order chi connectivity index (χ0) is 23.2. The van der Waals surface area contributed by atoms with Crippen molar-refractivity contribution in [3.05, 3.63) is 99.9 Å². The van der Waals surface area contributed by atoms with Crippen molar-refractivity contribution >= 4 is 52.2 Å². The van der Waals surface area contributed by atoms with E-state index in [0.717, 1.165) is 22.9 Å². The van der Waals surface area contributed by atoms with Crippen molar-refractivity contribution in [2.75, 3.05) is 11.9 Å². The Balaban J connectivity index is 1.33. The van der Waals surface area contributed by atoms with Crippen molar-refractivity contribution in [2.45, 2.75) is 6.54 Å². The molecule has 0 unspecified atom stereocenters. The van der Waals surface area contributed by atoms with E-state index in [1.54, 1.807) is 54.6 Å². The Kier molecular flexibility index (Phi) is 7.12. The van der Waals surface area contributed by atoms with Crippen LogP contribution in [-0.4, -0.2) is 28.6 Å². The first-order valence-electron chi connectivity index (χ1n) is 10.1. The van der Waals surface area contributed by atoms with Crippen LogP contribution in [0.4, 0.5) is 10.5 Å². The summed E-state index contributed by atoms with van der Waals surface area (Å²) in [5.41, 5.74) is 2.27. The average Bonchev–Trinajstić information content (AvgIpc) is 3.08. The van der Waals surface area contributed by atoms with Crippen LogP contribution in [0.15, 0.2) is 83.8 Å². The summed E-state index contributed by atoms with van der Waals surface area (Å²) in [5.74, 6) is -0.0999. The largest absolute Gasteiger partial charge is 0.484 e. The van der Waals surface area contributed by atoms with Crippen LogP contribution in [-0.2, 0) is 16.1 Å². The SMILES string of the molecule is O=C(COc1ccc(/C=C2\SC(=O)N(Cc3ccccc3)C2=O)cc1)Nc1ccc(Cl)cc1. The van der Waals surface area contributed by atoms with E-state index < -0.39 is 0 Å². The number of hydrogen-bond donors (Lipinski definition) is 1. The van der Waals surface area contributed by atoms with E-state index in [1.807, 2.05) is 30.3 Å². The molecule has 3 aromatic carbocycles. The number of nitrogens with zero attached hydrogens (tertiary/aromatic N) is 1. The Morgan fingerprint density at radius 3 is 2.36 bits per heavy atom. The molecular weight excluding hydrogens is 460 g/mol. The number of halogens is 1. The van der Waals surface area contributed by atoms with Crippen LogP contribution in [0.2, 0.25) is 5.02 Å². The van der Waals surface area contributed by atoms with Crippen LogP contribution in [0.5, 0.6) is 5.75 Å². The third kappa shape index (κ3) is 6.03. The van der Waals surface area contributed by atoms with Gasteiger partial charge in [0.15, 0.2) is 6.61 Å². The zero-order valence-corrected chi connectivity index (χ0v) is 18.9. The fourth-order valence-electron chi connectivity index (χ4n) is 3.09. The normalized spacial score (nSPS) is 14.6. The average molecular weight is 479 g/mol. The van der Waals surface area contributed by atoms with E-state index in [2.05, 4.69) is 5.32 Å². The molecule has 0 aliphatic carbocycles. The van der Waals surface area contributed by atoms with Gasteiger partial charge in [-0.3, -0.25) is 19.3 Å². The molecule has 3 aromatic rings. The van der Waals surface area contributed by atoms with Crippen molar-refractivity contribution in [3.63, 3.8) is 0 Å². The fourth-order valence-corrected chi connectivity index (χ4v) is 4.06. The number of anilines is 1. The molecule has 1 fully saturated rings. The fraction of sp³-hybridized carbons (Fsp3) is 0.0800. The maximum atomic E-state index is 12.7. The molecule has 0 radical (unpaired) electrons. The summed E-state index contributed by atoms with van der Waals surface area (Å²) in [4.78, 5) is 38.6. The molecule has 33 heavy (non-hydrogen) atoms. The van der Waals surface area contributed by atoms with Crippen molar-refractivity contribution in [1.29, 1.82) is 0 Å². The summed E-state index contributed by atoms with van der Waals surface area (Å²) in [7, 11) is 0. The van der Waals surface area contributed by atoms with Gasteiger partial charge in [0.1, 0.15) is 5.75 Å². The quantitative estimate of drug-likeness (QED) is 0.448. The highest BCUT2D eigenvalue weighted by Crippen LogP contribution is 2.33. The van der Waals surface area contributed by atoms with Gasteiger partial charge in [-0.05, 0) is 65.4 Å². The first-order valence-corrected chi connectivity index (χ1v) is 11.2. The first-order chi connectivity index (χ1) is 16.0. The Hall–Kier alpha value is -3.55. The molecule has 1 saturated heterocycles. The number of rotatable bonds is 7. The third-order valence-electron chi connectivity index (χ3n) is 4.73. The number of imide groups is 1. The van der Waals surface area contributed by atoms with Gasteiger partial charge < -0.3 is 10.1 Å². The second-order valence-corrected chi connectivity index (χ2v) is 8.60. The Bertz CT molecular complexity index is 1200. The number of amides is 3. The van der Waals surface area contributed by atoms with Crippen molar-refractivity contribution in [2.24, 2.45) is 0 Å². The lowest BCUT2D eigenvalue weighted by Gasteiger charge is -2.12. The molecule has 0 saturated carbocycles. The molecule has 166 valence electrons. The van der Waals surface area contributed by atoms with Gasteiger partial charge in [0, 0.05) is 10.7 Å². The van der Waals surface area contributed by atoms with Gasteiger partial charge >= 0.3 is 0 Å². The van der Waals surface area contributed by atoms with E-state index >= 15 is 0 Å². The number of carbonyl (C=O) groups excluding carboxylic acids is 3. The number of ether oxygens (including phenoxy) is 1. The van der Waals surface area contributed by atoms with Crippen LogP contribution >= 0.6 is 23.4 Å². The third-order valence-corrected chi connectivity index (χ3v) is 5.89. The second-order valence-electron chi connectivity index (χ2n) is 7.17. The van der Waals surface area contributed by atoms with Gasteiger partial charge in [-0.25, -0.2) is 0 Å². The molecule has 0 spiro atoms. The van der Waals surface area contributed by atoms with Gasteiger partial charge in [-0.2, -0.15) is 0 Å². The Morgan fingerprint density at radius 1 is 0.970 bits per heavy atom. The van der Waals surface area contributed by atoms with Crippen LogP contribution in [0, 0.1) is 0 Å². The van der Waals surface area contributed by atoms with Crippen LogP contribution in [0.1, 0.15) is 11.1 Å². The standard InChI is InChI=1S/C25H19ClN2O4S/c26-19-8-10-20(11-9-19)27-23(29)16-32-21-12-6-17(7-13-21)14-22-24(30)28(25(31)33-22)15-18-4-2-1-3-5-18/h1-14H,15-16H2,(H,27,29)/b22-14-. The van der Waals surface area contributed by atoms with Gasteiger partial charge in [0.05, 0.1) is 11.4 Å². The Labute approximate surface area is 200 Å². The summed E-state index contributed by atoms with van der Waals surface area (Å²) in [6.45, 7) is 0.0913. The van der Waals surface area contributed by atoms with Crippen LogP contribution < -0.4 is 10.1 Å². The Morgan fingerprint density at radius 2 is 1.67 bits per heavy atom. The second kappa shape index (κ2) is 10.4. The predicted molar refractivity (Wildman–Crippen MR) is 130 cm³/mol. The monoisotopic (exact) mass is 478 g/mol. The van der Waals surface area contributed by atoms with E-state index in [4.69, 9.17) is 16.3 Å². The maximum Gasteiger partial charge on any atom is 0.293 e. The minimum atomic E-state index is -0.312. The van der Waals surface area contributed by atoms with Crippen LogP contribution in [0.25, 0.3) is 6.08 Å². The highest BCUT2D eigenvalue weighted by molar-refractivity contribution is 8.18. The minimum absolute atomic E-state index is 0.152. The van der Waals surface area contributed by atoms with Gasteiger partial charge in [-0.1, -0.05) is 54.1 Å². The molecule has 1 heterocycles. The lowest BCUT2D eigenvalue weighted by Crippen LogP contribution is -2.27. The molecular formula is C25H19ClN2O4S. The molecule has 3 amide bonds. The van der Waals surface area contributed by atoms with E-state index in [1.165, 1.54) is 4.90 Å². The summed E-state index contributed by atoms with van der Waals surface area (Å²) in [5, 5.41) is 3.02. The summed E-state index contributed by atoms with van der Waals surface area (Å²) >= 11 is 6.75. The van der Waals surface area contributed by atoms with Crippen molar-refractivity contribution in [3.8, 4) is 5.75 Å². The molecule has 1 aliphatic rings. The van der Waals surface area contributed by atoms with Crippen LogP contribution in [0.3, 0.4) is 0 Å².